The lowest BCUT2D eigenvalue weighted by Crippen LogP contribution is -2.53. The Morgan fingerprint density at radius 3 is 1.05 bits per heavy atom. The van der Waals surface area contributed by atoms with Gasteiger partial charge in [-0.05, 0) is 40.5 Å². The minimum absolute atomic E-state index is 0. The van der Waals surface area contributed by atoms with Gasteiger partial charge in [-0.25, -0.2) is 0 Å². The van der Waals surface area contributed by atoms with E-state index in [-0.39, 0.29) is 36.8 Å². The zero-order chi connectivity index (χ0) is 27.1. The molecule has 230 valence electrons. The maximum atomic E-state index is 12.5. The highest BCUT2D eigenvalue weighted by molar-refractivity contribution is 5.85. The fourth-order valence-electron chi connectivity index (χ4n) is 4.06. The second kappa shape index (κ2) is 26.7. The molecule has 0 aromatic heterocycles. The van der Waals surface area contributed by atoms with Crippen LogP contribution in [0.4, 0.5) is 0 Å². The van der Waals surface area contributed by atoms with Crippen LogP contribution >= 0.6 is 24.8 Å². The van der Waals surface area contributed by atoms with Crippen LogP contribution in [0.3, 0.4) is 0 Å². The van der Waals surface area contributed by atoms with Crippen molar-refractivity contribution in [3.05, 3.63) is 0 Å². The van der Waals surface area contributed by atoms with Gasteiger partial charge in [-0.1, -0.05) is 104 Å². The molecule has 0 fully saturated rings. The van der Waals surface area contributed by atoms with Crippen LogP contribution in [0.2, 0.25) is 0 Å². The van der Waals surface area contributed by atoms with Gasteiger partial charge in [0.15, 0.2) is 0 Å². The molecule has 6 nitrogen and oxygen atoms in total. The fourth-order valence-corrected chi connectivity index (χ4v) is 4.06. The molecule has 0 aromatic rings. The lowest BCUT2D eigenvalue weighted by molar-refractivity contribution is -0.151. The fraction of sp³-hybridized carbons (Fsp3) is 0.933. The number of ether oxygens (including phenoxy) is 2. The largest absolute Gasteiger partial charge is 0.464 e. The van der Waals surface area contributed by atoms with Gasteiger partial charge in [-0.2, -0.15) is 0 Å². The average Bonchev–Trinajstić information content (AvgIpc) is 2.84. The van der Waals surface area contributed by atoms with Crippen molar-refractivity contribution in [1.82, 2.24) is 10.6 Å². The SMILES string of the molecule is CCCCCCCCCCOC(=O)C(C)(C)NCCNC(C)(C)C(=O)OCCCCCCCCCC.Cl.Cl. The van der Waals surface area contributed by atoms with Crippen molar-refractivity contribution in [2.45, 2.75) is 155 Å². The van der Waals surface area contributed by atoms with Crippen molar-refractivity contribution >= 4 is 36.8 Å². The van der Waals surface area contributed by atoms with Gasteiger partial charge in [0.2, 0.25) is 0 Å². The summed E-state index contributed by atoms with van der Waals surface area (Å²) in [6.45, 7) is 13.9. The molecule has 0 rings (SSSR count). The van der Waals surface area contributed by atoms with E-state index in [1.165, 1.54) is 77.0 Å². The molecule has 0 atom stereocenters. The number of carbonyl (C=O) groups excluding carboxylic acids is 2. The first-order valence-corrected chi connectivity index (χ1v) is 15.0. The monoisotopic (exact) mass is 584 g/mol. The van der Waals surface area contributed by atoms with E-state index >= 15 is 0 Å². The second-order valence-corrected chi connectivity index (χ2v) is 11.3. The summed E-state index contributed by atoms with van der Waals surface area (Å²) in [6.07, 6.45) is 19.5. The summed E-state index contributed by atoms with van der Waals surface area (Å²) < 4.78 is 11.0. The smallest absolute Gasteiger partial charge is 0.325 e. The van der Waals surface area contributed by atoms with Gasteiger partial charge in [-0.3, -0.25) is 9.59 Å². The van der Waals surface area contributed by atoms with Crippen LogP contribution in [0.1, 0.15) is 144 Å². The topological polar surface area (TPSA) is 76.7 Å². The molecule has 2 N–H and O–H groups in total. The number of nitrogens with one attached hydrogen (secondary N) is 2. The third-order valence-electron chi connectivity index (χ3n) is 6.74. The number of halogens is 2. The Morgan fingerprint density at radius 1 is 0.500 bits per heavy atom. The summed E-state index contributed by atoms with van der Waals surface area (Å²) in [4.78, 5) is 24.9. The number of carbonyl (C=O) groups is 2. The standard InChI is InChI=1S/C30H60N2O4.2ClH/c1-7-9-11-13-15-17-19-21-25-35-27(33)29(3,4)31-23-24-32-30(5,6)28(34)36-26-22-20-18-16-14-12-10-8-2;;/h31-32H,7-26H2,1-6H3;2*1H. The molecule has 0 aromatic carbocycles. The normalized spacial score (nSPS) is 11.4. The van der Waals surface area contributed by atoms with Crippen molar-refractivity contribution in [3.8, 4) is 0 Å². The molecule has 38 heavy (non-hydrogen) atoms. The zero-order valence-electron chi connectivity index (χ0n) is 25.6. The van der Waals surface area contributed by atoms with E-state index in [4.69, 9.17) is 9.47 Å². The third-order valence-corrected chi connectivity index (χ3v) is 6.74. The van der Waals surface area contributed by atoms with Crippen molar-refractivity contribution in [1.29, 1.82) is 0 Å². The quantitative estimate of drug-likeness (QED) is 0.0837. The maximum Gasteiger partial charge on any atom is 0.325 e. The highest BCUT2D eigenvalue weighted by atomic mass is 35.5. The van der Waals surface area contributed by atoms with Crippen LogP contribution in [-0.2, 0) is 19.1 Å². The molecule has 0 spiro atoms. The van der Waals surface area contributed by atoms with Gasteiger partial charge in [0.25, 0.3) is 0 Å². The first-order valence-electron chi connectivity index (χ1n) is 15.0. The van der Waals surface area contributed by atoms with Crippen LogP contribution in [-0.4, -0.2) is 49.3 Å². The summed E-state index contributed by atoms with van der Waals surface area (Å²) in [5.41, 5.74) is -1.52. The van der Waals surface area contributed by atoms with Gasteiger partial charge in [0, 0.05) is 13.1 Å². The Labute approximate surface area is 247 Å². The highest BCUT2D eigenvalue weighted by Crippen LogP contribution is 2.11. The third kappa shape index (κ3) is 23.3. The van der Waals surface area contributed by atoms with Crippen LogP contribution in [0, 0.1) is 0 Å². The molecular formula is C30H62Cl2N2O4. The highest BCUT2D eigenvalue weighted by Gasteiger charge is 2.30. The van der Waals surface area contributed by atoms with Gasteiger partial charge in [0.05, 0.1) is 13.2 Å². The Balaban J connectivity index is -0.00000612. The average molecular weight is 586 g/mol. The minimum Gasteiger partial charge on any atom is -0.464 e. The lowest BCUT2D eigenvalue weighted by Gasteiger charge is -2.27. The van der Waals surface area contributed by atoms with Gasteiger partial charge in [-0.15, -0.1) is 24.8 Å². The van der Waals surface area contributed by atoms with Gasteiger partial charge >= 0.3 is 11.9 Å². The molecule has 0 aliphatic heterocycles. The summed E-state index contributed by atoms with van der Waals surface area (Å²) in [7, 11) is 0. The number of esters is 2. The summed E-state index contributed by atoms with van der Waals surface area (Å²) in [5.74, 6) is -0.455. The molecule has 0 heterocycles. The minimum atomic E-state index is -0.761. The molecule has 0 saturated heterocycles. The van der Waals surface area contributed by atoms with E-state index in [1.807, 2.05) is 27.7 Å². The van der Waals surface area contributed by atoms with E-state index in [2.05, 4.69) is 24.5 Å². The van der Waals surface area contributed by atoms with E-state index in [0.717, 1.165) is 25.7 Å². The molecule has 0 aliphatic rings. The predicted octanol–water partition coefficient (Wildman–Crippen LogP) is 7.93. The maximum absolute atomic E-state index is 12.5. The summed E-state index contributed by atoms with van der Waals surface area (Å²) >= 11 is 0. The Bertz CT molecular complexity index is 512. The molecule has 0 amide bonds. The Morgan fingerprint density at radius 2 is 0.763 bits per heavy atom. The Kier molecular flexibility index (Phi) is 29.4. The summed E-state index contributed by atoms with van der Waals surface area (Å²) in [5, 5.41) is 6.49. The summed E-state index contributed by atoms with van der Waals surface area (Å²) in [6, 6.07) is 0. The second-order valence-electron chi connectivity index (χ2n) is 11.3. The van der Waals surface area contributed by atoms with E-state index in [1.54, 1.807) is 0 Å². The lowest BCUT2D eigenvalue weighted by atomic mass is 10.1. The molecule has 0 radical (unpaired) electrons. The molecule has 0 unspecified atom stereocenters. The molecule has 8 heteroatoms. The number of unbranched alkanes of at least 4 members (excludes halogenated alkanes) is 14. The molecule has 0 aliphatic carbocycles. The van der Waals surface area contributed by atoms with Crippen molar-refractivity contribution in [2.75, 3.05) is 26.3 Å². The molecular weight excluding hydrogens is 523 g/mol. The molecule has 0 bridgehead atoms. The predicted molar refractivity (Wildman–Crippen MR) is 166 cm³/mol. The van der Waals surface area contributed by atoms with Crippen LogP contribution in [0.5, 0.6) is 0 Å². The first kappa shape index (κ1) is 41.9. The Hall–Kier alpha value is -0.560. The van der Waals surface area contributed by atoms with E-state index in [9.17, 15) is 9.59 Å². The van der Waals surface area contributed by atoms with E-state index < -0.39 is 11.1 Å². The van der Waals surface area contributed by atoms with Crippen molar-refractivity contribution < 1.29 is 19.1 Å². The number of rotatable bonds is 25. The van der Waals surface area contributed by atoms with Crippen molar-refractivity contribution in [3.63, 3.8) is 0 Å². The van der Waals surface area contributed by atoms with Gasteiger partial charge in [0.1, 0.15) is 11.1 Å². The zero-order valence-corrected chi connectivity index (χ0v) is 27.2. The number of hydrogen-bond donors (Lipinski definition) is 2. The van der Waals surface area contributed by atoms with Crippen LogP contribution in [0.15, 0.2) is 0 Å². The van der Waals surface area contributed by atoms with Crippen LogP contribution in [0.25, 0.3) is 0 Å². The van der Waals surface area contributed by atoms with Crippen LogP contribution < -0.4 is 10.6 Å². The number of hydrogen-bond acceptors (Lipinski definition) is 6. The van der Waals surface area contributed by atoms with E-state index in [0.29, 0.717) is 26.3 Å². The van der Waals surface area contributed by atoms with Crippen molar-refractivity contribution in [2.24, 2.45) is 0 Å². The molecule has 0 saturated carbocycles. The first-order chi connectivity index (χ1) is 17.2. The van der Waals surface area contributed by atoms with Gasteiger partial charge < -0.3 is 20.1 Å².